The van der Waals surface area contributed by atoms with Gasteiger partial charge in [0.15, 0.2) is 0 Å². The zero-order valence-corrected chi connectivity index (χ0v) is 13.7. The van der Waals surface area contributed by atoms with Gasteiger partial charge in [0, 0.05) is 18.8 Å². The highest BCUT2D eigenvalue weighted by Crippen LogP contribution is 2.11. The van der Waals surface area contributed by atoms with Crippen molar-refractivity contribution in [1.29, 1.82) is 0 Å². The summed E-state index contributed by atoms with van der Waals surface area (Å²) in [7, 11) is 0. The summed E-state index contributed by atoms with van der Waals surface area (Å²) in [5, 5.41) is 13.0. The molecular weight excluding hydrogens is 288 g/mol. The number of hydrogen-bond acceptors (Lipinski definition) is 3. The Morgan fingerprint density at radius 3 is 2.17 bits per heavy atom. The van der Waals surface area contributed by atoms with Crippen LogP contribution in [0.3, 0.4) is 0 Å². The van der Waals surface area contributed by atoms with Crippen molar-refractivity contribution in [3.8, 4) is 0 Å². The van der Waals surface area contributed by atoms with Crippen molar-refractivity contribution in [3.63, 3.8) is 0 Å². The van der Waals surface area contributed by atoms with E-state index in [1.54, 1.807) is 13.8 Å². The van der Waals surface area contributed by atoms with Crippen molar-refractivity contribution in [1.82, 2.24) is 4.90 Å². The molecule has 122 valence electrons. The minimum atomic E-state index is -0.859. The molecule has 0 unspecified atom stereocenters. The number of para-hydroxylation sites is 1. The number of benzene rings is 2. The van der Waals surface area contributed by atoms with Gasteiger partial charge in [-0.1, -0.05) is 48.5 Å². The van der Waals surface area contributed by atoms with Crippen molar-refractivity contribution in [2.24, 2.45) is 0 Å². The van der Waals surface area contributed by atoms with Crippen molar-refractivity contribution in [2.45, 2.75) is 26.0 Å². The molecule has 2 N–H and O–H groups in total. The molecule has 2 aromatic carbocycles. The first-order valence-electron chi connectivity index (χ1n) is 7.76. The molecule has 0 aromatic heterocycles. The molecule has 0 saturated heterocycles. The number of nitrogens with one attached hydrogen (secondary N) is 1. The topological polar surface area (TPSA) is 52.6 Å². The quantitative estimate of drug-likeness (QED) is 0.826. The largest absolute Gasteiger partial charge is 0.389 e. The summed E-state index contributed by atoms with van der Waals surface area (Å²) in [6.45, 7) is 4.77. The Morgan fingerprint density at radius 2 is 1.61 bits per heavy atom. The van der Waals surface area contributed by atoms with Gasteiger partial charge < -0.3 is 10.4 Å². The number of hydrogen-bond donors (Lipinski definition) is 2. The van der Waals surface area contributed by atoms with Gasteiger partial charge in [-0.25, -0.2) is 0 Å². The number of anilines is 1. The summed E-state index contributed by atoms with van der Waals surface area (Å²) in [5.74, 6) is -0.0867. The number of rotatable bonds is 7. The molecule has 0 aliphatic rings. The molecule has 0 fully saturated rings. The van der Waals surface area contributed by atoms with Crippen LogP contribution in [-0.4, -0.2) is 34.6 Å². The fraction of sp³-hybridized carbons (Fsp3) is 0.316. The third kappa shape index (κ3) is 6.63. The van der Waals surface area contributed by atoms with Gasteiger partial charge in [0.25, 0.3) is 0 Å². The molecule has 1 amide bonds. The van der Waals surface area contributed by atoms with E-state index < -0.39 is 5.60 Å². The van der Waals surface area contributed by atoms with Crippen LogP contribution in [0.1, 0.15) is 19.4 Å². The molecule has 0 atom stereocenters. The van der Waals surface area contributed by atoms with Crippen LogP contribution >= 0.6 is 0 Å². The molecule has 0 bridgehead atoms. The Balaban J connectivity index is 2.00. The minimum Gasteiger partial charge on any atom is -0.389 e. The Morgan fingerprint density at radius 1 is 1.04 bits per heavy atom. The van der Waals surface area contributed by atoms with Crippen LogP contribution in [0.2, 0.25) is 0 Å². The Kier molecular flexibility index (Phi) is 5.90. The Labute approximate surface area is 137 Å². The van der Waals surface area contributed by atoms with Gasteiger partial charge in [-0.15, -0.1) is 0 Å². The highest BCUT2D eigenvalue weighted by molar-refractivity contribution is 5.92. The van der Waals surface area contributed by atoms with E-state index in [9.17, 15) is 9.90 Å². The summed E-state index contributed by atoms with van der Waals surface area (Å²) in [6, 6.07) is 19.3. The van der Waals surface area contributed by atoms with Crippen LogP contribution in [0.25, 0.3) is 0 Å². The fourth-order valence-electron chi connectivity index (χ4n) is 2.48. The van der Waals surface area contributed by atoms with E-state index in [0.717, 1.165) is 11.3 Å². The zero-order chi connectivity index (χ0) is 16.7. The van der Waals surface area contributed by atoms with E-state index in [2.05, 4.69) is 5.32 Å². The van der Waals surface area contributed by atoms with Crippen LogP contribution in [0, 0.1) is 0 Å². The lowest BCUT2D eigenvalue weighted by atomic mass is 10.1. The molecule has 0 aliphatic heterocycles. The van der Waals surface area contributed by atoms with Crippen LogP contribution in [0.15, 0.2) is 60.7 Å². The summed E-state index contributed by atoms with van der Waals surface area (Å²) in [5.41, 5.74) is 1.03. The summed E-state index contributed by atoms with van der Waals surface area (Å²) < 4.78 is 0. The van der Waals surface area contributed by atoms with E-state index in [-0.39, 0.29) is 12.5 Å². The summed E-state index contributed by atoms with van der Waals surface area (Å²) in [6.07, 6.45) is 0. The fourth-order valence-corrected chi connectivity index (χ4v) is 2.48. The maximum absolute atomic E-state index is 12.3. The number of aliphatic hydroxyl groups is 1. The highest BCUT2D eigenvalue weighted by Gasteiger charge is 2.20. The molecule has 0 aliphatic carbocycles. The minimum absolute atomic E-state index is 0.0867. The van der Waals surface area contributed by atoms with Gasteiger partial charge in [0.05, 0.1) is 12.1 Å². The van der Waals surface area contributed by atoms with E-state index in [1.165, 1.54) is 0 Å². The first-order chi connectivity index (χ1) is 10.9. The average molecular weight is 312 g/mol. The molecule has 23 heavy (non-hydrogen) atoms. The van der Waals surface area contributed by atoms with Gasteiger partial charge in [-0.3, -0.25) is 9.69 Å². The third-order valence-corrected chi connectivity index (χ3v) is 3.28. The standard InChI is InChI=1S/C19H24N2O2/c1-19(2,23)15-21(13-16-9-5-3-6-10-16)14-18(22)20-17-11-7-4-8-12-17/h3-12,23H,13-15H2,1-2H3,(H,20,22). The van der Waals surface area contributed by atoms with Gasteiger partial charge >= 0.3 is 0 Å². The lowest BCUT2D eigenvalue weighted by Crippen LogP contribution is -2.42. The maximum atomic E-state index is 12.3. The van der Waals surface area contributed by atoms with Crippen molar-refractivity contribution >= 4 is 11.6 Å². The average Bonchev–Trinajstić information content (AvgIpc) is 2.47. The molecule has 0 radical (unpaired) electrons. The van der Waals surface area contributed by atoms with E-state index >= 15 is 0 Å². The molecule has 4 nitrogen and oxygen atoms in total. The van der Waals surface area contributed by atoms with E-state index in [0.29, 0.717) is 13.1 Å². The SMILES string of the molecule is CC(C)(O)CN(CC(=O)Nc1ccccc1)Cc1ccccc1. The summed E-state index contributed by atoms with van der Waals surface area (Å²) in [4.78, 5) is 14.2. The molecule has 0 spiro atoms. The summed E-state index contributed by atoms with van der Waals surface area (Å²) >= 11 is 0. The van der Waals surface area contributed by atoms with Crippen molar-refractivity contribution in [3.05, 3.63) is 66.2 Å². The van der Waals surface area contributed by atoms with Gasteiger partial charge in [-0.05, 0) is 31.5 Å². The van der Waals surface area contributed by atoms with Crippen molar-refractivity contribution < 1.29 is 9.90 Å². The maximum Gasteiger partial charge on any atom is 0.238 e. The lowest BCUT2D eigenvalue weighted by molar-refractivity contribution is -0.118. The number of carbonyl (C=O) groups is 1. The second kappa shape index (κ2) is 7.90. The van der Waals surface area contributed by atoms with Crippen LogP contribution in [0.4, 0.5) is 5.69 Å². The van der Waals surface area contributed by atoms with E-state index in [4.69, 9.17) is 0 Å². The molecule has 2 aromatic rings. The molecule has 4 heteroatoms. The van der Waals surface area contributed by atoms with Crippen molar-refractivity contribution in [2.75, 3.05) is 18.4 Å². The molecule has 0 saturated carbocycles. The first kappa shape index (κ1) is 17.2. The Bertz CT molecular complexity index is 606. The first-order valence-corrected chi connectivity index (χ1v) is 7.76. The van der Waals surface area contributed by atoms with E-state index in [1.807, 2.05) is 65.6 Å². The Hall–Kier alpha value is -2.17. The van der Waals surface area contributed by atoms with Crippen LogP contribution in [0.5, 0.6) is 0 Å². The highest BCUT2D eigenvalue weighted by atomic mass is 16.3. The number of carbonyl (C=O) groups excluding carboxylic acids is 1. The van der Waals surface area contributed by atoms with Crippen LogP contribution in [-0.2, 0) is 11.3 Å². The number of nitrogens with zero attached hydrogens (tertiary/aromatic N) is 1. The normalized spacial score (nSPS) is 11.5. The lowest BCUT2D eigenvalue weighted by Gasteiger charge is -2.28. The molecule has 2 rings (SSSR count). The predicted octanol–water partition coefficient (Wildman–Crippen LogP) is 2.90. The van der Waals surface area contributed by atoms with Crippen LogP contribution < -0.4 is 5.32 Å². The van der Waals surface area contributed by atoms with Gasteiger partial charge in [0.1, 0.15) is 0 Å². The van der Waals surface area contributed by atoms with Gasteiger partial charge in [-0.2, -0.15) is 0 Å². The monoisotopic (exact) mass is 312 g/mol. The predicted molar refractivity (Wildman–Crippen MR) is 93.1 cm³/mol. The van der Waals surface area contributed by atoms with Gasteiger partial charge in [0.2, 0.25) is 5.91 Å². The molecular formula is C19H24N2O2. The molecule has 0 heterocycles. The zero-order valence-electron chi connectivity index (χ0n) is 13.7. The number of amides is 1. The third-order valence-electron chi connectivity index (χ3n) is 3.28. The second-order valence-corrected chi connectivity index (χ2v) is 6.36. The smallest absolute Gasteiger partial charge is 0.238 e. The second-order valence-electron chi connectivity index (χ2n) is 6.36.